The maximum absolute atomic E-state index is 14.0. The van der Waals surface area contributed by atoms with Crippen LogP contribution in [0.1, 0.15) is 119 Å². The molecule has 0 spiro atoms. The first-order valence-electron chi connectivity index (χ1n) is 20.1. The summed E-state index contributed by atoms with van der Waals surface area (Å²) in [4.78, 5) is 56.7. The van der Waals surface area contributed by atoms with Crippen molar-refractivity contribution in [1.82, 2.24) is 29.9 Å². The van der Waals surface area contributed by atoms with Gasteiger partial charge in [0.05, 0.1) is 25.4 Å². The monoisotopic (exact) mass is 788 g/mol. The minimum absolute atomic E-state index is 0.00393. The van der Waals surface area contributed by atoms with Crippen LogP contribution in [0.25, 0.3) is 0 Å². The minimum atomic E-state index is -0.528. The Balaban J connectivity index is 0.000000257. The molecule has 0 bridgehead atoms. The number of aryl methyl sites for hydroxylation is 1. The predicted octanol–water partition coefficient (Wildman–Crippen LogP) is 8.69. The number of hydrogen-bond donors (Lipinski definition) is 0. The molecule has 4 atom stereocenters. The van der Waals surface area contributed by atoms with E-state index in [1.165, 1.54) is 7.11 Å². The third-order valence-electron chi connectivity index (χ3n) is 10.2. The van der Waals surface area contributed by atoms with E-state index in [1.54, 1.807) is 31.7 Å². The lowest BCUT2D eigenvalue weighted by Crippen LogP contribution is -2.46. The fourth-order valence-corrected chi connectivity index (χ4v) is 7.88. The highest BCUT2D eigenvalue weighted by Crippen LogP contribution is 2.39. The molecule has 0 aliphatic carbocycles. The lowest BCUT2D eigenvalue weighted by atomic mass is 9.78. The van der Waals surface area contributed by atoms with E-state index >= 15 is 0 Å². The van der Waals surface area contributed by atoms with Gasteiger partial charge in [-0.25, -0.2) is 0 Å². The van der Waals surface area contributed by atoms with E-state index in [2.05, 4.69) is 59.9 Å². The highest BCUT2D eigenvalue weighted by molar-refractivity contribution is 5.87. The van der Waals surface area contributed by atoms with Crippen molar-refractivity contribution in [2.45, 2.75) is 123 Å². The number of nitrogens with zero attached hydrogens (tertiary/aromatic N) is 6. The largest absolute Gasteiger partial charge is 0.469 e. The van der Waals surface area contributed by atoms with Crippen LogP contribution in [-0.2, 0) is 25.5 Å². The second kappa shape index (κ2) is 21.7. The molecule has 2 aromatic carbocycles. The van der Waals surface area contributed by atoms with Gasteiger partial charge in [0.2, 0.25) is 17.7 Å². The molecule has 0 radical (unpaired) electrons. The number of hydrogen-bond acceptors (Lipinski definition) is 9. The van der Waals surface area contributed by atoms with Gasteiger partial charge in [-0.05, 0) is 96.7 Å². The molecule has 4 unspecified atom stereocenters. The van der Waals surface area contributed by atoms with E-state index < -0.39 is 11.8 Å². The van der Waals surface area contributed by atoms with Crippen LogP contribution in [0.15, 0.2) is 114 Å². The van der Waals surface area contributed by atoms with Crippen molar-refractivity contribution < 1.29 is 23.6 Å². The van der Waals surface area contributed by atoms with Gasteiger partial charge in [0.25, 0.3) is 0 Å². The number of aromatic nitrogens is 4. The summed E-state index contributed by atoms with van der Waals surface area (Å²) in [6.45, 7) is 18.0. The summed E-state index contributed by atoms with van der Waals surface area (Å²) in [6, 6.07) is 27.6. The Kier molecular flexibility index (Phi) is 16.8. The first-order chi connectivity index (χ1) is 27.7. The number of benzene rings is 2. The Morgan fingerprint density at radius 3 is 1.38 bits per heavy atom. The summed E-state index contributed by atoms with van der Waals surface area (Å²) >= 11 is 0. The predicted molar refractivity (Wildman–Crippen MR) is 226 cm³/mol. The summed E-state index contributed by atoms with van der Waals surface area (Å²) in [6.07, 6.45) is 7.51. The van der Waals surface area contributed by atoms with E-state index in [-0.39, 0.29) is 60.2 Å². The van der Waals surface area contributed by atoms with Crippen LogP contribution in [0.5, 0.6) is 0 Å². The van der Waals surface area contributed by atoms with E-state index in [4.69, 9.17) is 9.26 Å². The quantitative estimate of drug-likeness (QED) is 0.0902. The number of ether oxygens (including phenoxy) is 1. The van der Waals surface area contributed by atoms with Gasteiger partial charge < -0.3 is 19.1 Å². The zero-order valence-electron chi connectivity index (χ0n) is 35.6. The van der Waals surface area contributed by atoms with E-state index in [9.17, 15) is 14.4 Å². The fourth-order valence-electron chi connectivity index (χ4n) is 7.88. The maximum Gasteiger partial charge on any atom is 0.306 e. The third-order valence-corrected chi connectivity index (χ3v) is 10.2. The number of amides is 2. The topological polar surface area (TPSA) is 132 Å². The lowest BCUT2D eigenvalue weighted by Gasteiger charge is -2.37. The first kappa shape index (κ1) is 45.0. The van der Waals surface area contributed by atoms with Crippen LogP contribution in [0, 0.1) is 6.92 Å². The summed E-state index contributed by atoms with van der Waals surface area (Å²) in [5, 5.41) is 3.94. The molecule has 308 valence electrons. The van der Waals surface area contributed by atoms with Gasteiger partial charge in [0.15, 0.2) is 5.82 Å². The molecule has 2 amide bonds. The standard InChI is InChI=1S/C24H30N4O2.C23H30N2O3/c1-16(2)28(17(3)4)24(29)23(20-12-9-13-25-15-20)21(19-10-7-6-8-11-19)14-22-26-18(5)27-30-22;1-16(2)25(17(3)4)23(27)22(19-12-9-13-24-15-19)20(14-21(26)28-5)18-10-7-6-8-11-18/h6-13,15-17,21,23H,14H2,1-5H3;6-13,15-17,20,22H,14H2,1-5H3. The maximum atomic E-state index is 14.0. The van der Waals surface area contributed by atoms with E-state index in [0.717, 1.165) is 22.3 Å². The number of esters is 1. The molecule has 11 heteroatoms. The van der Waals surface area contributed by atoms with Gasteiger partial charge in [-0.3, -0.25) is 24.4 Å². The average molecular weight is 789 g/mol. The highest BCUT2D eigenvalue weighted by Gasteiger charge is 2.39. The number of carbonyl (C=O) groups is 3. The van der Waals surface area contributed by atoms with Crippen LogP contribution in [0.3, 0.4) is 0 Å². The van der Waals surface area contributed by atoms with Gasteiger partial charge in [-0.1, -0.05) is 78.0 Å². The van der Waals surface area contributed by atoms with Crippen molar-refractivity contribution in [1.29, 1.82) is 0 Å². The lowest BCUT2D eigenvalue weighted by molar-refractivity contribution is -0.142. The zero-order chi connectivity index (χ0) is 42.4. The molecule has 58 heavy (non-hydrogen) atoms. The van der Waals surface area contributed by atoms with Gasteiger partial charge in [0, 0.05) is 67.2 Å². The minimum Gasteiger partial charge on any atom is -0.469 e. The van der Waals surface area contributed by atoms with Crippen LogP contribution < -0.4 is 0 Å². The molecule has 0 aliphatic heterocycles. The Bertz CT molecular complexity index is 1970. The molecule has 3 aromatic heterocycles. The SMILES string of the molecule is COC(=O)CC(c1ccccc1)C(C(=O)N(C(C)C)C(C)C)c1cccnc1.Cc1noc(CC(c2ccccc2)C(C(=O)N(C(C)C)C(C)C)c2cccnc2)n1. The van der Waals surface area contributed by atoms with Gasteiger partial charge in [0.1, 0.15) is 0 Å². The van der Waals surface area contributed by atoms with Crippen molar-refractivity contribution in [3.05, 3.63) is 144 Å². The molecule has 3 heterocycles. The first-order valence-corrected chi connectivity index (χ1v) is 20.1. The second-order valence-electron chi connectivity index (χ2n) is 15.6. The Labute approximate surface area is 344 Å². The van der Waals surface area contributed by atoms with Crippen molar-refractivity contribution >= 4 is 17.8 Å². The Morgan fingerprint density at radius 2 is 1.02 bits per heavy atom. The average Bonchev–Trinajstić information content (AvgIpc) is 3.62. The van der Waals surface area contributed by atoms with Gasteiger partial charge >= 0.3 is 5.97 Å². The number of rotatable bonds is 16. The summed E-state index contributed by atoms with van der Waals surface area (Å²) < 4.78 is 10.4. The van der Waals surface area contributed by atoms with Crippen LogP contribution >= 0.6 is 0 Å². The molecule has 0 aliphatic rings. The number of methoxy groups -OCH3 is 1. The smallest absolute Gasteiger partial charge is 0.306 e. The number of carbonyl (C=O) groups excluding carboxylic acids is 3. The van der Waals surface area contributed by atoms with Crippen molar-refractivity contribution in [2.75, 3.05) is 7.11 Å². The van der Waals surface area contributed by atoms with Gasteiger partial charge in [-0.2, -0.15) is 4.98 Å². The van der Waals surface area contributed by atoms with Crippen molar-refractivity contribution in [3.63, 3.8) is 0 Å². The molecule has 5 aromatic rings. The van der Waals surface area contributed by atoms with Crippen molar-refractivity contribution in [2.24, 2.45) is 0 Å². The summed E-state index contributed by atoms with van der Waals surface area (Å²) in [5.74, 6) is -0.591. The molecule has 0 N–H and O–H groups in total. The zero-order valence-corrected chi connectivity index (χ0v) is 35.6. The van der Waals surface area contributed by atoms with Crippen LogP contribution in [-0.4, -0.2) is 79.0 Å². The Hall–Kier alpha value is -5.71. The molecule has 0 saturated carbocycles. The van der Waals surface area contributed by atoms with Crippen molar-refractivity contribution in [3.8, 4) is 0 Å². The fraction of sp³-hybridized carbons (Fsp3) is 0.426. The normalized spacial score (nSPS) is 13.3. The third kappa shape index (κ3) is 11.9. The molecule has 0 saturated heterocycles. The summed E-state index contributed by atoms with van der Waals surface area (Å²) in [7, 11) is 1.37. The molecule has 11 nitrogen and oxygen atoms in total. The van der Waals surface area contributed by atoms with E-state index in [0.29, 0.717) is 18.1 Å². The van der Waals surface area contributed by atoms with E-state index in [1.807, 2.05) is 110 Å². The molecule has 0 fully saturated rings. The van der Waals surface area contributed by atoms with Crippen LogP contribution in [0.4, 0.5) is 0 Å². The molecule has 5 rings (SSSR count). The number of pyridine rings is 2. The molecular formula is C47H60N6O5. The Morgan fingerprint density at radius 1 is 0.603 bits per heavy atom. The second-order valence-corrected chi connectivity index (χ2v) is 15.6. The summed E-state index contributed by atoms with van der Waals surface area (Å²) in [5.41, 5.74) is 3.68. The van der Waals surface area contributed by atoms with Gasteiger partial charge in [-0.15, -0.1) is 0 Å². The van der Waals surface area contributed by atoms with Crippen LogP contribution in [0.2, 0.25) is 0 Å². The molecular weight excluding hydrogens is 729 g/mol. The highest BCUT2D eigenvalue weighted by atomic mass is 16.5.